The second-order valence-corrected chi connectivity index (χ2v) is 4.35. The van der Waals surface area contributed by atoms with Crippen LogP contribution in [0.1, 0.15) is 22.7 Å². The molecule has 0 amide bonds. The Morgan fingerprint density at radius 3 is 2.71 bits per heavy atom. The van der Waals surface area contributed by atoms with Crippen LogP contribution in [0.3, 0.4) is 0 Å². The van der Waals surface area contributed by atoms with Gasteiger partial charge in [-0.25, -0.2) is 4.39 Å². The van der Waals surface area contributed by atoms with Crippen LogP contribution in [0.15, 0.2) is 36.7 Å². The Bertz CT molecular complexity index is 543. The number of hydrogen-bond donors (Lipinski definition) is 1. The smallest absolute Gasteiger partial charge is 0.141 e. The molecule has 1 heterocycles. The molecule has 4 heteroatoms. The lowest BCUT2D eigenvalue weighted by Crippen LogP contribution is -2.13. The third-order valence-corrected chi connectivity index (χ3v) is 2.89. The molecule has 0 aliphatic carbocycles. The van der Waals surface area contributed by atoms with Gasteiger partial charge in [0.15, 0.2) is 0 Å². The summed E-state index contributed by atoms with van der Waals surface area (Å²) in [4.78, 5) is 3.80. The third kappa shape index (κ3) is 2.62. The second kappa shape index (κ2) is 4.82. The third-order valence-electron chi connectivity index (χ3n) is 2.65. The molecule has 1 atom stereocenters. The molecule has 0 saturated heterocycles. The van der Waals surface area contributed by atoms with Crippen molar-refractivity contribution in [3.05, 3.63) is 64.2 Å². The van der Waals surface area contributed by atoms with E-state index in [0.717, 1.165) is 17.3 Å². The van der Waals surface area contributed by atoms with Gasteiger partial charge >= 0.3 is 0 Å². The number of rotatable bonds is 2. The average Bonchev–Trinajstić information content (AvgIpc) is 2.28. The van der Waals surface area contributed by atoms with Gasteiger partial charge in [0.25, 0.3) is 0 Å². The molecule has 2 nitrogen and oxygen atoms in total. The summed E-state index contributed by atoms with van der Waals surface area (Å²) in [6, 6.07) is 6.47. The molecule has 1 aromatic heterocycles. The van der Waals surface area contributed by atoms with Crippen LogP contribution in [-0.2, 0) is 0 Å². The highest BCUT2D eigenvalue weighted by molar-refractivity contribution is 6.30. The van der Waals surface area contributed by atoms with E-state index in [4.69, 9.17) is 17.3 Å². The number of nitrogens with zero attached hydrogens (tertiary/aromatic N) is 1. The zero-order chi connectivity index (χ0) is 12.4. The van der Waals surface area contributed by atoms with E-state index >= 15 is 0 Å². The number of halogens is 2. The Balaban J connectivity index is 2.40. The van der Waals surface area contributed by atoms with Gasteiger partial charge in [0.05, 0.1) is 12.2 Å². The Morgan fingerprint density at radius 2 is 2.06 bits per heavy atom. The monoisotopic (exact) mass is 250 g/mol. The molecule has 2 N–H and O–H groups in total. The molecule has 2 aromatic rings. The zero-order valence-electron chi connectivity index (χ0n) is 9.32. The summed E-state index contributed by atoms with van der Waals surface area (Å²) in [5.74, 6) is -0.385. The summed E-state index contributed by atoms with van der Waals surface area (Å²) >= 11 is 5.88. The second-order valence-electron chi connectivity index (χ2n) is 3.92. The van der Waals surface area contributed by atoms with Crippen molar-refractivity contribution >= 4 is 11.6 Å². The lowest BCUT2D eigenvalue weighted by Gasteiger charge is -2.15. The first-order chi connectivity index (χ1) is 8.08. The van der Waals surface area contributed by atoms with Crippen molar-refractivity contribution in [2.75, 3.05) is 0 Å². The number of pyridine rings is 1. The Hall–Kier alpha value is -1.45. The van der Waals surface area contributed by atoms with Gasteiger partial charge in [0, 0.05) is 11.2 Å². The van der Waals surface area contributed by atoms with E-state index in [2.05, 4.69) is 4.98 Å². The van der Waals surface area contributed by atoms with Gasteiger partial charge in [-0.05, 0) is 41.8 Å². The van der Waals surface area contributed by atoms with E-state index in [1.165, 1.54) is 6.07 Å². The van der Waals surface area contributed by atoms with Gasteiger partial charge in [0.2, 0.25) is 0 Å². The minimum Gasteiger partial charge on any atom is -0.320 e. The van der Waals surface area contributed by atoms with Crippen LogP contribution >= 0.6 is 11.6 Å². The summed E-state index contributed by atoms with van der Waals surface area (Å²) in [6.07, 6.45) is 2.73. The Kier molecular flexibility index (Phi) is 3.41. The maximum Gasteiger partial charge on any atom is 0.141 e. The fraction of sp³-hybridized carbons (Fsp3) is 0.154. The summed E-state index contributed by atoms with van der Waals surface area (Å²) in [6.45, 7) is 1.92. The fourth-order valence-corrected chi connectivity index (χ4v) is 1.99. The maximum atomic E-state index is 13.1. The average molecular weight is 251 g/mol. The van der Waals surface area contributed by atoms with Gasteiger partial charge in [-0.15, -0.1) is 0 Å². The van der Waals surface area contributed by atoms with Gasteiger partial charge in [-0.1, -0.05) is 17.7 Å². The predicted molar refractivity (Wildman–Crippen MR) is 66.4 cm³/mol. The van der Waals surface area contributed by atoms with Crippen molar-refractivity contribution in [2.24, 2.45) is 5.73 Å². The molecule has 1 aromatic carbocycles. The first kappa shape index (κ1) is 12.0. The SMILES string of the molecule is Cc1cc(Cl)ccc1C(N)c1cncc(F)c1. The van der Waals surface area contributed by atoms with Crippen molar-refractivity contribution in [1.82, 2.24) is 4.98 Å². The highest BCUT2D eigenvalue weighted by atomic mass is 35.5. The number of aryl methyl sites for hydroxylation is 1. The minimum atomic E-state index is -0.393. The van der Waals surface area contributed by atoms with Crippen LogP contribution in [0, 0.1) is 12.7 Å². The molecule has 17 heavy (non-hydrogen) atoms. The molecule has 0 spiro atoms. The minimum absolute atomic E-state index is 0.385. The van der Waals surface area contributed by atoms with Crippen LogP contribution in [0.25, 0.3) is 0 Å². The van der Waals surface area contributed by atoms with E-state index in [-0.39, 0.29) is 5.82 Å². The Morgan fingerprint density at radius 1 is 1.29 bits per heavy atom. The summed E-state index contributed by atoms with van der Waals surface area (Å²) < 4.78 is 13.1. The van der Waals surface area contributed by atoms with E-state index < -0.39 is 6.04 Å². The molecule has 0 aliphatic heterocycles. The molecular formula is C13H12ClFN2. The van der Waals surface area contributed by atoms with Crippen molar-refractivity contribution < 1.29 is 4.39 Å². The molecular weight excluding hydrogens is 239 g/mol. The molecule has 1 unspecified atom stereocenters. The number of aromatic nitrogens is 1. The molecule has 0 aliphatic rings. The van der Waals surface area contributed by atoms with Crippen molar-refractivity contribution in [1.29, 1.82) is 0 Å². The predicted octanol–water partition coefficient (Wildman–Crippen LogP) is 3.23. The quantitative estimate of drug-likeness (QED) is 0.889. The highest BCUT2D eigenvalue weighted by Crippen LogP contribution is 2.24. The first-order valence-corrected chi connectivity index (χ1v) is 5.58. The molecule has 0 saturated carbocycles. The topological polar surface area (TPSA) is 38.9 Å². The van der Waals surface area contributed by atoms with Crippen LogP contribution in [0.5, 0.6) is 0 Å². The van der Waals surface area contributed by atoms with Crippen molar-refractivity contribution in [2.45, 2.75) is 13.0 Å². The highest BCUT2D eigenvalue weighted by Gasteiger charge is 2.12. The van der Waals surface area contributed by atoms with E-state index in [0.29, 0.717) is 10.6 Å². The molecule has 0 radical (unpaired) electrons. The standard InChI is InChI=1S/C13H12ClFN2/c1-8-4-10(14)2-3-12(8)13(16)9-5-11(15)7-17-6-9/h2-7,13H,16H2,1H3. The van der Waals surface area contributed by atoms with Crippen LogP contribution in [-0.4, -0.2) is 4.98 Å². The summed E-state index contributed by atoms with van der Waals surface area (Å²) in [5.41, 5.74) is 8.63. The van der Waals surface area contributed by atoms with Crippen LogP contribution in [0.4, 0.5) is 4.39 Å². The zero-order valence-corrected chi connectivity index (χ0v) is 10.1. The number of hydrogen-bond acceptors (Lipinski definition) is 2. The molecule has 0 fully saturated rings. The van der Waals surface area contributed by atoms with Gasteiger partial charge in [-0.3, -0.25) is 4.98 Å². The number of nitrogens with two attached hydrogens (primary N) is 1. The maximum absolute atomic E-state index is 13.1. The lowest BCUT2D eigenvalue weighted by atomic mass is 9.97. The van der Waals surface area contributed by atoms with E-state index in [9.17, 15) is 4.39 Å². The summed E-state index contributed by atoms with van der Waals surface area (Å²) in [7, 11) is 0. The van der Waals surface area contributed by atoms with E-state index in [1.54, 1.807) is 12.3 Å². The fourth-order valence-electron chi connectivity index (χ4n) is 1.77. The van der Waals surface area contributed by atoms with E-state index in [1.807, 2.05) is 19.1 Å². The summed E-state index contributed by atoms with van der Waals surface area (Å²) in [5, 5.41) is 0.663. The Labute approximate surface area is 104 Å². The number of benzene rings is 1. The van der Waals surface area contributed by atoms with Gasteiger partial charge < -0.3 is 5.73 Å². The largest absolute Gasteiger partial charge is 0.320 e. The van der Waals surface area contributed by atoms with Crippen LogP contribution in [0.2, 0.25) is 5.02 Å². The van der Waals surface area contributed by atoms with Gasteiger partial charge in [0.1, 0.15) is 5.82 Å². The molecule has 0 bridgehead atoms. The first-order valence-electron chi connectivity index (χ1n) is 5.20. The van der Waals surface area contributed by atoms with Gasteiger partial charge in [-0.2, -0.15) is 0 Å². The molecule has 88 valence electrons. The lowest BCUT2D eigenvalue weighted by molar-refractivity contribution is 0.616. The molecule has 2 rings (SSSR count). The van der Waals surface area contributed by atoms with Crippen molar-refractivity contribution in [3.63, 3.8) is 0 Å². The van der Waals surface area contributed by atoms with Crippen LogP contribution < -0.4 is 5.73 Å². The normalized spacial score (nSPS) is 12.5. The van der Waals surface area contributed by atoms with Crippen molar-refractivity contribution in [3.8, 4) is 0 Å².